The zero-order chi connectivity index (χ0) is 22.1. The van der Waals surface area contributed by atoms with Crippen LogP contribution >= 0.6 is 0 Å². The summed E-state index contributed by atoms with van der Waals surface area (Å²) >= 11 is 0. The van der Waals surface area contributed by atoms with Crippen LogP contribution < -0.4 is 4.72 Å². The van der Waals surface area contributed by atoms with Crippen LogP contribution in [0.15, 0.2) is 60.7 Å². The monoisotopic (exact) mass is 444 g/mol. The Labute approximate surface area is 183 Å². The summed E-state index contributed by atoms with van der Waals surface area (Å²) in [6, 6.07) is 17.4. The summed E-state index contributed by atoms with van der Waals surface area (Å²) in [7, 11) is -3.67. The van der Waals surface area contributed by atoms with Crippen LogP contribution in [0.2, 0.25) is 0 Å². The number of likely N-dealkylation sites (tertiary alicyclic amines) is 1. The number of hydrogen-bond acceptors (Lipinski definition) is 5. The lowest BCUT2D eigenvalue weighted by molar-refractivity contribution is -0.146. The van der Waals surface area contributed by atoms with Crippen LogP contribution in [0.5, 0.6) is 0 Å². The first-order valence-electron chi connectivity index (χ1n) is 10.5. The van der Waals surface area contributed by atoms with E-state index in [1.807, 2.05) is 36.4 Å². The number of sulfonamides is 1. The molecule has 1 heterocycles. The Bertz CT molecular complexity index is 964. The van der Waals surface area contributed by atoms with Gasteiger partial charge in [-0.1, -0.05) is 60.7 Å². The van der Waals surface area contributed by atoms with Gasteiger partial charge in [0.15, 0.2) is 0 Å². The molecule has 0 spiro atoms. The maximum absolute atomic E-state index is 12.9. The maximum Gasteiger partial charge on any atom is 0.307 e. The highest BCUT2D eigenvalue weighted by molar-refractivity contribution is 7.88. The zero-order valence-corrected chi connectivity index (χ0v) is 18.2. The van der Waals surface area contributed by atoms with Gasteiger partial charge in [0.2, 0.25) is 15.9 Å². The molecule has 1 aliphatic heterocycles. The molecule has 8 heteroatoms. The molecule has 1 saturated heterocycles. The first-order valence-corrected chi connectivity index (χ1v) is 12.1. The number of amides is 1. The summed E-state index contributed by atoms with van der Waals surface area (Å²) < 4.78 is 33.0. The number of carbonyl (C=O) groups is 2. The summed E-state index contributed by atoms with van der Waals surface area (Å²) in [5, 5.41) is 0. The smallest absolute Gasteiger partial charge is 0.307 e. The first kappa shape index (κ1) is 23.0. The molecule has 0 radical (unpaired) electrons. The Morgan fingerprint density at radius 1 is 1.00 bits per heavy atom. The van der Waals surface area contributed by atoms with E-state index in [9.17, 15) is 18.0 Å². The van der Waals surface area contributed by atoms with E-state index in [4.69, 9.17) is 4.74 Å². The fourth-order valence-corrected chi connectivity index (χ4v) is 4.89. The van der Waals surface area contributed by atoms with Crippen LogP contribution in [0, 0.1) is 0 Å². The third kappa shape index (κ3) is 7.48. The first-order chi connectivity index (χ1) is 14.9. The number of nitrogens with one attached hydrogen (secondary N) is 1. The van der Waals surface area contributed by atoms with Crippen LogP contribution in [0.1, 0.15) is 36.8 Å². The van der Waals surface area contributed by atoms with Crippen molar-refractivity contribution in [3.05, 3.63) is 71.8 Å². The van der Waals surface area contributed by atoms with E-state index < -0.39 is 16.1 Å². The van der Waals surface area contributed by atoms with Gasteiger partial charge in [0.1, 0.15) is 12.6 Å². The van der Waals surface area contributed by atoms with Crippen molar-refractivity contribution in [1.82, 2.24) is 9.62 Å². The summed E-state index contributed by atoms with van der Waals surface area (Å²) in [6.07, 6.45) is 2.02. The SMILES string of the molecule is O=C(CCN1CCCC[C@H](NS(=O)(=O)Cc2ccccc2)C1=O)OCc1ccccc1. The summed E-state index contributed by atoms with van der Waals surface area (Å²) in [5.41, 5.74) is 1.56. The lowest BCUT2D eigenvalue weighted by Gasteiger charge is -2.24. The normalized spacial score (nSPS) is 17.2. The molecule has 0 aromatic heterocycles. The molecule has 0 bridgehead atoms. The number of benzene rings is 2. The van der Waals surface area contributed by atoms with E-state index in [2.05, 4.69) is 4.72 Å². The molecule has 7 nitrogen and oxygen atoms in total. The van der Waals surface area contributed by atoms with Crippen molar-refractivity contribution in [2.75, 3.05) is 13.1 Å². The van der Waals surface area contributed by atoms with Crippen LogP contribution in [0.25, 0.3) is 0 Å². The maximum atomic E-state index is 12.9. The highest BCUT2D eigenvalue weighted by atomic mass is 32.2. The molecule has 0 saturated carbocycles. The molecule has 31 heavy (non-hydrogen) atoms. The second-order valence-corrected chi connectivity index (χ2v) is 9.39. The van der Waals surface area contributed by atoms with Crippen molar-refractivity contribution in [1.29, 1.82) is 0 Å². The Balaban J connectivity index is 1.52. The molecule has 1 atom stereocenters. The third-order valence-electron chi connectivity index (χ3n) is 5.13. The molecular formula is C23H28N2O5S. The molecule has 1 fully saturated rings. The minimum absolute atomic E-state index is 0.0715. The second-order valence-electron chi connectivity index (χ2n) is 7.63. The Morgan fingerprint density at radius 2 is 1.65 bits per heavy atom. The average molecular weight is 445 g/mol. The lowest BCUT2D eigenvalue weighted by atomic mass is 10.1. The lowest BCUT2D eigenvalue weighted by Crippen LogP contribution is -2.48. The third-order valence-corrected chi connectivity index (χ3v) is 6.49. The number of carbonyl (C=O) groups excluding carboxylic acids is 2. The van der Waals surface area contributed by atoms with Gasteiger partial charge in [0, 0.05) is 13.1 Å². The fourth-order valence-electron chi connectivity index (χ4n) is 3.53. The number of nitrogens with zero attached hydrogens (tertiary/aromatic N) is 1. The summed E-state index contributed by atoms with van der Waals surface area (Å²) in [5.74, 6) is -0.851. The van der Waals surface area contributed by atoms with Gasteiger partial charge in [-0.15, -0.1) is 0 Å². The quantitative estimate of drug-likeness (QED) is 0.600. The van der Waals surface area contributed by atoms with Crippen molar-refractivity contribution in [3.8, 4) is 0 Å². The van der Waals surface area contributed by atoms with Crippen LogP contribution in [-0.2, 0) is 36.7 Å². The van der Waals surface area contributed by atoms with E-state index in [-0.39, 0.29) is 37.2 Å². The zero-order valence-electron chi connectivity index (χ0n) is 17.4. The predicted molar refractivity (Wildman–Crippen MR) is 117 cm³/mol. The highest BCUT2D eigenvalue weighted by Gasteiger charge is 2.30. The summed E-state index contributed by atoms with van der Waals surface area (Å²) in [4.78, 5) is 26.6. The molecule has 1 N–H and O–H groups in total. The van der Waals surface area contributed by atoms with Gasteiger partial charge < -0.3 is 9.64 Å². The van der Waals surface area contributed by atoms with Gasteiger partial charge in [-0.05, 0) is 30.4 Å². The van der Waals surface area contributed by atoms with E-state index in [1.54, 1.807) is 29.2 Å². The molecule has 1 amide bonds. The molecule has 0 unspecified atom stereocenters. The Kier molecular flexibility index (Phi) is 8.20. The largest absolute Gasteiger partial charge is 0.461 e. The van der Waals surface area contributed by atoms with Crippen molar-refractivity contribution in [2.45, 2.75) is 44.1 Å². The predicted octanol–water partition coefficient (Wildman–Crippen LogP) is 2.62. The minimum Gasteiger partial charge on any atom is -0.461 e. The van der Waals surface area contributed by atoms with Crippen molar-refractivity contribution in [3.63, 3.8) is 0 Å². The van der Waals surface area contributed by atoms with Gasteiger partial charge in [-0.25, -0.2) is 13.1 Å². The second kappa shape index (κ2) is 11.1. The van der Waals surface area contributed by atoms with Gasteiger partial charge in [0.25, 0.3) is 0 Å². The molecule has 1 aliphatic rings. The fraction of sp³-hybridized carbons (Fsp3) is 0.391. The van der Waals surface area contributed by atoms with Gasteiger partial charge in [-0.2, -0.15) is 0 Å². The number of hydrogen-bond donors (Lipinski definition) is 1. The van der Waals surface area contributed by atoms with Crippen LogP contribution in [-0.4, -0.2) is 44.3 Å². The highest BCUT2D eigenvalue weighted by Crippen LogP contribution is 2.15. The molecule has 2 aromatic carbocycles. The average Bonchev–Trinajstić information content (AvgIpc) is 2.93. The molecule has 166 valence electrons. The number of rotatable bonds is 9. The topological polar surface area (TPSA) is 92.8 Å². The molecular weight excluding hydrogens is 416 g/mol. The van der Waals surface area contributed by atoms with Crippen molar-refractivity contribution >= 4 is 21.9 Å². The Hall–Kier alpha value is -2.71. The van der Waals surface area contributed by atoms with E-state index in [1.165, 1.54) is 0 Å². The van der Waals surface area contributed by atoms with E-state index in [0.29, 0.717) is 18.5 Å². The standard InChI is InChI=1S/C23H28N2O5S/c26-22(30-17-19-9-3-1-4-10-19)14-16-25-15-8-7-13-21(23(25)27)24-31(28,29)18-20-11-5-2-6-12-20/h1-6,9-12,21,24H,7-8,13-18H2/t21-/m0/s1. The minimum atomic E-state index is -3.67. The molecule has 0 aliphatic carbocycles. The van der Waals surface area contributed by atoms with Crippen LogP contribution in [0.3, 0.4) is 0 Å². The summed E-state index contributed by atoms with van der Waals surface area (Å²) in [6.45, 7) is 0.903. The Morgan fingerprint density at radius 3 is 2.32 bits per heavy atom. The number of esters is 1. The van der Waals surface area contributed by atoms with Gasteiger partial charge in [0.05, 0.1) is 12.2 Å². The molecule has 3 rings (SSSR count). The van der Waals surface area contributed by atoms with Gasteiger partial charge in [-0.3, -0.25) is 9.59 Å². The van der Waals surface area contributed by atoms with Gasteiger partial charge >= 0.3 is 5.97 Å². The van der Waals surface area contributed by atoms with E-state index >= 15 is 0 Å². The number of ether oxygens (including phenoxy) is 1. The molecule has 2 aromatic rings. The van der Waals surface area contributed by atoms with E-state index in [0.717, 1.165) is 18.4 Å². The van der Waals surface area contributed by atoms with Crippen molar-refractivity contribution < 1.29 is 22.7 Å². The van der Waals surface area contributed by atoms with Crippen LogP contribution in [0.4, 0.5) is 0 Å². The van der Waals surface area contributed by atoms with Crippen molar-refractivity contribution in [2.24, 2.45) is 0 Å².